The van der Waals surface area contributed by atoms with Crippen molar-refractivity contribution < 1.29 is 57.9 Å². The molecule has 0 atom stereocenters. The zero-order valence-electron chi connectivity index (χ0n) is 60.1. The molecule has 0 aliphatic carbocycles. The number of hydrogen-bond donors (Lipinski definition) is 2. The van der Waals surface area contributed by atoms with Crippen LogP contribution in [0.2, 0.25) is 30.1 Å². The van der Waals surface area contributed by atoms with Crippen LogP contribution in [-0.4, -0.2) is 99.6 Å². The molecule has 10 aromatic rings. The Balaban J connectivity index is 0.000000206. The maximum atomic E-state index is 12.5. The Bertz CT molecular complexity index is 4430. The first-order valence-electron chi connectivity index (χ1n) is 33.9. The summed E-state index contributed by atoms with van der Waals surface area (Å²) >= 11 is 35.6. The van der Waals surface area contributed by atoms with E-state index in [0.29, 0.717) is 102 Å². The van der Waals surface area contributed by atoms with Gasteiger partial charge in [-0.05, 0) is 207 Å². The predicted octanol–water partition coefficient (Wildman–Crippen LogP) is 22.5. The van der Waals surface area contributed by atoms with Crippen molar-refractivity contribution in [3.63, 3.8) is 0 Å². The number of amides is 1. The second-order valence-corrected chi connectivity index (χ2v) is 26.4. The summed E-state index contributed by atoms with van der Waals surface area (Å²) in [5, 5.41) is 21.7. The molecule has 19 heteroatoms. The molecular weight excluding hydrogens is 1450 g/mol. The summed E-state index contributed by atoms with van der Waals surface area (Å²) in [7, 11) is 8.20. The molecule has 0 radical (unpaired) electrons. The van der Waals surface area contributed by atoms with Crippen LogP contribution in [0.4, 0.5) is 0 Å². The Hall–Kier alpha value is -8.35. The number of methoxy groups -OCH3 is 5. The highest BCUT2D eigenvalue weighted by Gasteiger charge is 2.18. The number of Topliss-reactive ketones (excluding diaryl/α,β-unsaturated/α-hetero) is 3. The Morgan fingerprint density at radius 3 is 0.857 bits per heavy atom. The van der Waals surface area contributed by atoms with Gasteiger partial charge in [-0.25, -0.2) is 0 Å². The van der Waals surface area contributed by atoms with Crippen LogP contribution in [0.3, 0.4) is 0 Å². The minimum absolute atomic E-state index is 0.0119. The number of aliphatic carboxylic acids is 1. The summed E-state index contributed by atoms with van der Waals surface area (Å²) in [6.07, 6.45) is 1.16. The van der Waals surface area contributed by atoms with E-state index in [2.05, 4.69) is 0 Å². The lowest BCUT2D eigenvalue weighted by molar-refractivity contribution is -0.136. The highest BCUT2D eigenvalue weighted by atomic mass is 35.5. The first-order valence-corrected chi connectivity index (χ1v) is 36.2. The van der Waals surface area contributed by atoms with Crippen molar-refractivity contribution in [3.8, 4) is 55.6 Å². The molecule has 0 saturated heterocycles. The van der Waals surface area contributed by atoms with Gasteiger partial charge in [0.2, 0.25) is 0 Å². The third-order valence-corrected chi connectivity index (χ3v) is 18.0. The van der Waals surface area contributed by atoms with Crippen molar-refractivity contribution in [2.75, 3.05) is 55.2 Å². The molecule has 13 nitrogen and oxygen atoms in total. The SMILES string of the molecule is CCC(=O)c1ccc(-c2ccc(Cl)cc2)c(COC)c1.CCN(CC)C(=O)c1ccc(-c2ccc(Cl)cc2)c(COC)c1.COCc1cc(C(=O)CCC(=O)O)ccc1-c1ccc(Cl)cc1.COCc1cc(C(=O)CCCO)ccc1-c1ccc(Cl)cc1.COCc1cc(Cl)ccc1-c1ccc(Cl)cc1. The number of aliphatic hydroxyl groups excluding tert-OH is 1. The standard InChI is InChI=1S/C19H22ClNO2.C18H17ClO4.C18H19ClO3.C17H17ClO2.C14H12Cl2O/c1-4-21(5-2)19(22)15-8-11-18(16(12-15)13-23-3)14-6-9-17(20)10-7-14;1-23-11-14-10-13(17(20)8-9-18(21)22)4-7-16(14)12-2-5-15(19)6-3-12;1-22-12-15-11-14(18(21)3-2-10-20)6-9-17(15)13-4-7-16(19)8-5-13;1-3-17(19)13-6-9-16(14(10-13)11-20-2)12-4-7-15(18)8-5-12;1-17-9-11-8-13(16)6-7-14(11)10-2-4-12(15)5-3-10/h6-12H,4-5,13H2,1-3H3;2-7,10H,8-9,11H2,1H3,(H,21,22);4-9,11,20H,2-3,10,12H2,1H3;4-10H,3,11H2,1-2H3;2-8H,9H2,1H3. The van der Waals surface area contributed by atoms with Crippen LogP contribution in [0, 0.1) is 0 Å². The smallest absolute Gasteiger partial charge is 0.303 e. The molecule has 0 aliphatic heterocycles. The topological polar surface area (TPSA) is 175 Å². The van der Waals surface area contributed by atoms with E-state index in [-0.39, 0.29) is 42.7 Å². The van der Waals surface area contributed by atoms with Gasteiger partial charge < -0.3 is 38.8 Å². The molecule has 0 spiro atoms. The summed E-state index contributed by atoms with van der Waals surface area (Å²) in [4.78, 5) is 60.9. The molecule has 1 amide bonds. The number of benzene rings is 10. The van der Waals surface area contributed by atoms with Gasteiger partial charge >= 0.3 is 5.97 Å². The molecule has 10 aromatic carbocycles. The average Bonchev–Trinajstić information content (AvgIpc) is 0.843. The van der Waals surface area contributed by atoms with Gasteiger partial charge in [-0.15, -0.1) is 0 Å². The van der Waals surface area contributed by atoms with E-state index in [1.807, 2.05) is 214 Å². The number of carboxylic acid groups (broad SMARTS) is 1. The molecule has 0 bridgehead atoms. The normalized spacial score (nSPS) is 10.6. The number of carbonyl (C=O) groups excluding carboxylic acids is 4. The molecule has 550 valence electrons. The van der Waals surface area contributed by atoms with Crippen molar-refractivity contribution in [1.82, 2.24) is 4.90 Å². The molecule has 10 rings (SSSR count). The highest BCUT2D eigenvalue weighted by molar-refractivity contribution is 6.32. The first-order chi connectivity index (χ1) is 50.6. The van der Waals surface area contributed by atoms with E-state index in [1.54, 1.807) is 59.8 Å². The predicted molar refractivity (Wildman–Crippen MR) is 427 cm³/mol. The zero-order valence-corrected chi connectivity index (χ0v) is 64.6. The van der Waals surface area contributed by atoms with E-state index in [0.717, 1.165) is 99.1 Å². The van der Waals surface area contributed by atoms with Crippen molar-refractivity contribution in [3.05, 3.63) is 293 Å². The van der Waals surface area contributed by atoms with E-state index < -0.39 is 5.97 Å². The van der Waals surface area contributed by atoms with E-state index in [4.69, 9.17) is 104 Å². The Kier molecular flexibility index (Phi) is 36.9. The summed E-state index contributed by atoms with van der Waals surface area (Å²) in [5.74, 6) is -0.935. The van der Waals surface area contributed by atoms with Crippen LogP contribution in [-0.2, 0) is 61.5 Å². The van der Waals surface area contributed by atoms with Crippen LogP contribution in [0.25, 0.3) is 55.6 Å². The van der Waals surface area contributed by atoms with Crippen LogP contribution < -0.4 is 0 Å². The summed E-state index contributed by atoms with van der Waals surface area (Å²) in [6.45, 7) is 9.53. The fourth-order valence-corrected chi connectivity index (χ4v) is 12.0. The number of ether oxygens (including phenoxy) is 5. The number of halogens is 6. The van der Waals surface area contributed by atoms with Gasteiger partial charge in [0.15, 0.2) is 17.3 Å². The number of nitrogens with zero attached hydrogens (tertiary/aromatic N) is 1. The van der Waals surface area contributed by atoms with Gasteiger partial charge in [0, 0.05) is 127 Å². The molecule has 2 N–H and O–H groups in total. The van der Waals surface area contributed by atoms with E-state index >= 15 is 0 Å². The lowest BCUT2D eigenvalue weighted by Crippen LogP contribution is -2.30. The Labute approximate surface area is 646 Å². The van der Waals surface area contributed by atoms with Gasteiger partial charge in [-0.1, -0.05) is 186 Å². The lowest BCUT2D eigenvalue weighted by Gasteiger charge is -2.20. The molecule has 0 saturated carbocycles. The molecule has 0 unspecified atom stereocenters. The molecule has 0 heterocycles. The quantitative estimate of drug-likeness (QED) is 0.0445. The van der Waals surface area contributed by atoms with Gasteiger partial charge in [-0.3, -0.25) is 24.0 Å². The maximum absolute atomic E-state index is 12.5. The van der Waals surface area contributed by atoms with Gasteiger partial charge in [0.25, 0.3) is 5.91 Å². The fraction of sp³-hybridized carbons (Fsp3) is 0.244. The molecular formula is C86H87Cl6NO12. The first kappa shape index (κ1) is 85.6. The number of ketones is 3. The molecule has 0 aliphatic rings. The van der Waals surface area contributed by atoms with Crippen LogP contribution in [0.1, 0.15) is 122 Å². The maximum Gasteiger partial charge on any atom is 0.303 e. The van der Waals surface area contributed by atoms with Gasteiger partial charge in [-0.2, -0.15) is 0 Å². The lowest BCUT2D eigenvalue weighted by atomic mass is 9.95. The Morgan fingerprint density at radius 1 is 0.324 bits per heavy atom. The van der Waals surface area contributed by atoms with Crippen molar-refractivity contribution >= 4 is 98.8 Å². The van der Waals surface area contributed by atoms with Gasteiger partial charge in [0.1, 0.15) is 0 Å². The summed E-state index contributed by atoms with van der Waals surface area (Å²) < 4.78 is 26.2. The number of carbonyl (C=O) groups is 5. The number of carboxylic acids is 1. The zero-order chi connectivity index (χ0) is 76.4. The second kappa shape index (κ2) is 45.2. The third-order valence-electron chi connectivity index (χ3n) is 16.5. The summed E-state index contributed by atoms with van der Waals surface area (Å²) in [6, 6.07) is 66.4. The molecule has 105 heavy (non-hydrogen) atoms. The Morgan fingerprint density at radius 2 is 0.581 bits per heavy atom. The minimum Gasteiger partial charge on any atom is -0.481 e. The fourth-order valence-electron chi connectivity index (χ4n) is 11.2. The van der Waals surface area contributed by atoms with Crippen molar-refractivity contribution in [2.45, 2.75) is 85.9 Å². The summed E-state index contributed by atoms with van der Waals surface area (Å²) in [5.41, 5.74) is 17.9. The van der Waals surface area contributed by atoms with Crippen LogP contribution in [0.5, 0.6) is 0 Å². The number of hydrogen-bond acceptors (Lipinski definition) is 11. The van der Waals surface area contributed by atoms with Crippen LogP contribution in [0.15, 0.2) is 212 Å². The number of aliphatic hydroxyl groups is 1. The second-order valence-electron chi connectivity index (χ2n) is 23.8. The van der Waals surface area contributed by atoms with E-state index in [9.17, 15) is 24.0 Å². The molecule has 0 aromatic heterocycles. The number of rotatable bonds is 28. The molecule has 0 fully saturated rings. The van der Waals surface area contributed by atoms with Crippen molar-refractivity contribution in [2.24, 2.45) is 0 Å². The van der Waals surface area contributed by atoms with Crippen LogP contribution >= 0.6 is 69.6 Å². The highest BCUT2D eigenvalue weighted by Crippen LogP contribution is 2.33. The van der Waals surface area contributed by atoms with E-state index in [1.165, 1.54) is 0 Å². The third kappa shape index (κ3) is 26.9. The monoisotopic (exact) mass is 1540 g/mol. The largest absolute Gasteiger partial charge is 0.481 e. The average molecular weight is 1540 g/mol. The minimum atomic E-state index is -0.978. The van der Waals surface area contributed by atoms with Crippen molar-refractivity contribution in [1.29, 1.82) is 0 Å². The van der Waals surface area contributed by atoms with Gasteiger partial charge in [0.05, 0.1) is 39.5 Å².